The minimum atomic E-state index is -3.62. The Labute approximate surface area is 199 Å². The molecular formula is C24H27N5O4S. The van der Waals surface area contributed by atoms with Gasteiger partial charge in [0.25, 0.3) is 0 Å². The lowest BCUT2D eigenvalue weighted by Crippen LogP contribution is -2.49. The third-order valence-corrected chi connectivity index (χ3v) is 8.49. The monoisotopic (exact) mass is 481 g/mol. The lowest BCUT2D eigenvalue weighted by Gasteiger charge is -2.37. The van der Waals surface area contributed by atoms with E-state index in [4.69, 9.17) is 14.7 Å². The standard InChI is InChI=1S/C24H27N5O4S/c1-27-15-16-29(23-22(27)25-20-5-3-4-6-21(20)26-23)24(30)17-11-13-28(14-12-17)34(31,32)19-9-7-18(33-2)8-10-19/h3-10,17H,11-16H2,1-2H3. The molecule has 1 aromatic heterocycles. The van der Waals surface area contributed by atoms with Crippen molar-refractivity contribution in [2.24, 2.45) is 5.92 Å². The number of hydrogen-bond donors (Lipinski definition) is 0. The van der Waals surface area contributed by atoms with Gasteiger partial charge in [0.15, 0.2) is 11.6 Å². The molecule has 1 amide bonds. The van der Waals surface area contributed by atoms with Gasteiger partial charge in [0, 0.05) is 39.1 Å². The molecule has 34 heavy (non-hydrogen) atoms. The molecular weight excluding hydrogens is 454 g/mol. The third-order valence-electron chi connectivity index (χ3n) is 6.58. The summed E-state index contributed by atoms with van der Waals surface area (Å²) in [4.78, 5) is 27.0. The van der Waals surface area contributed by atoms with E-state index in [1.54, 1.807) is 29.2 Å². The van der Waals surface area contributed by atoms with E-state index in [0.717, 1.165) is 11.0 Å². The van der Waals surface area contributed by atoms with Crippen molar-refractivity contribution in [3.05, 3.63) is 48.5 Å². The molecule has 0 atom stereocenters. The number of carbonyl (C=O) groups excluding carboxylic acids is 1. The maximum absolute atomic E-state index is 13.5. The summed E-state index contributed by atoms with van der Waals surface area (Å²) in [6, 6.07) is 14.0. The Morgan fingerprint density at radius 2 is 1.53 bits per heavy atom. The Hall–Kier alpha value is -3.24. The lowest BCUT2D eigenvalue weighted by atomic mass is 9.96. The van der Waals surface area contributed by atoms with Crippen LogP contribution in [0.3, 0.4) is 0 Å². The molecule has 2 aromatic carbocycles. The number of aromatic nitrogens is 2. The maximum Gasteiger partial charge on any atom is 0.243 e. The second kappa shape index (κ2) is 8.84. The van der Waals surface area contributed by atoms with Gasteiger partial charge in [-0.1, -0.05) is 12.1 Å². The van der Waals surface area contributed by atoms with Gasteiger partial charge in [-0.2, -0.15) is 4.31 Å². The van der Waals surface area contributed by atoms with Crippen molar-refractivity contribution in [2.45, 2.75) is 17.7 Å². The summed E-state index contributed by atoms with van der Waals surface area (Å²) in [6.45, 7) is 1.79. The van der Waals surface area contributed by atoms with Crippen LogP contribution in [0.4, 0.5) is 11.6 Å². The number of nitrogens with zero attached hydrogens (tertiary/aromatic N) is 5. The van der Waals surface area contributed by atoms with Crippen molar-refractivity contribution in [3.8, 4) is 5.75 Å². The van der Waals surface area contributed by atoms with Crippen LogP contribution in [0.2, 0.25) is 0 Å². The van der Waals surface area contributed by atoms with Gasteiger partial charge >= 0.3 is 0 Å². The molecule has 9 nitrogen and oxygen atoms in total. The second-order valence-electron chi connectivity index (χ2n) is 8.62. The highest BCUT2D eigenvalue weighted by molar-refractivity contribution is 7.89. The molecule has 2 aliphatic heterocycles. The molecule has 0 bridgehead atoms. The molecule has 0 unspecified atom stereocenters. The summed E-state index contributed by atoms with van der Waals surface area (Å²) >= 11 is 0. The van der Waals surface area contributed by atoms with Crippen molar-refractivity contribution < 1.29 is 17.9 Å². The summed E-state index contributed by atoms with van der Waals surface area (Å²) < 4.78 is 32.7. The van der Waals surface area contributed by atoms with Gasteiger partial charge in [0.2, 0.25) is 15.9 Å². The summed E-state index contributed by atoms with van der Waals surface area (Å²) in [7, 11) is -0.127. The predicted molar refractivity (Wildman–Crippen MR) is 130 cm³/mol. The lowest BCUT2D eigenvalue weighted by molar-refractivity contribution is -0.123. The van der Waals surface area contributed by atoms with Crippen LogP contribution in [0.5, 0.6) is 5.75 Å². The third kappa shape index (κ3) is 3.97. The fourth-order valence-electron chi connectivity index (χ4n) is 4.56. The van der Waals surface area contributed by atoms with Gasteiger partial charge in [0.1, 0.15) is 5.75 Å². The van der Waals surface area contributed by atoms with Crippen LogP contribution in [0.1, 0.15) is 12.8 Å². The van der Waals surface area contributed by atoms with Crippen molar-refractivity contribution in [3.63, 3.8) is 0 Å². The Bertz CT molecular complexity index is 1320. The van der Waals surface area contributed by atoms with E-state index in [-0.39, 0.29) is 16.7 Å². The van der Waals surface area contributed by atoms with Gasteiger partial charge in [-0.3, -0.25) is 9.69 Å². The highest BCUT2D eigenvalue weighted by Crippen LogP contribution is 2.33. The smallest absolute Gasteiger partial charge is 0.243 e. The number of methoxy groups -OCH3 is 1. The van der Waals surface area contributed by atoms with E-state index >= 15 is 0 Å². The fourth-order valence-corrected chi connectivity index (χ4v) is 6.02. The number of para-hydroxylation sites is 2. The van der Waals surface area contributed by atoms with E-state index in [2.05, 4.69) is 0 Å². The Kier molecular flexibility index (Phi) is 5.86. The number of hydrogen-bond acceptors (Lipinski definition) is 7. The first-order valence-electron chi connectivity index (χ1n) is 11.3. The van der Waals surface area contributed by atoms with E-state index in [1.165, 1.54) is 11.4 Å². The number of amides is 1. The van der Waals surface area contributed by atoms with Crippen LogP contribution in [0, 0.1) is 5.92 Å². The molecule has 0 spiro atoms. The molecule has 178 valence electrons. The van der Waals surface area contributed by atoms with Crippen molar-refractivity contribution in [2.75, 3.05) is 50.1 Å². The fraction of sp³-hybridized carbons (Fsp3) is 0.375. The molecule has 0 radical (unpaired) electrons. The van der Waals surface area contributed by atoms with E-state index in [1.807, 2.05) is 36.2 Å². The molecule has 3 heterocycles. The van der Waals surface area contributed by atoms with Gasteiger partial charge in [-0.15, -0.1) is 0 Å². The topological polar surface area (TPSA) is 95.9 Å². The highest BCUT2D eigenvalue weighted by Gasteiger charge is 2.37. The zero-order valence-electron chi connectivity index (χ0n) is 19.2. The number of likely N-dealkylation sites (N-methyl/N-ethyl adjacent to an activating group) is 1. The molecule has 10 heteroatoms. The quantitative estimate of drug-likeness (QED) is 0.565. The van der Waals surface area contributed by atoms with Crippen molar-refractivity contribution >= 4 is 38.6 Å². The van der Waals surface area contributed by atoms with Crippen LogP contribution in [0.25, 0.3) is 11.0 Å². The number of sulfonamides is 1. The first kappa shape index (κ1) is 22.5. The number of benzene rings is 2. The van der Waals surface area contributed by atoms with Crippen LogP contribution < -0.4 is 14.5 Å². The largest absolute Gasteiger partial charge is 0.497 e. The van der Waals surface area contributed by atoms with Crippen molar-refractivity contribution in [1.29, 1.82) is 0 Å². The normalized spacial score (nSPS) is 17.6. The summed E-state index contributed by atoms with van der Waals surface area (Å²) in [5, 5.41) is 0. The number of piperidine rings is 1. The zero-order valence-corrected chi connectivity index (χ0v) is 20.0. The SMILES string of the molecule is COc1ccc(S(=O)(=O)N2CCC(C(=O)N3CCN(C)c4nc5ccccc5nc43)CC2)cc1. The van der Waals surface area contributed by atoms with E-state index in [0.29, 0.717) is 56.4 Å². The Morgan fingerprint density at radius 3 is 2.15 bits per heavy atom. The predicted octanol–water partition coefficient (Wildman–Crippen LogP) is 2.52. The minimum Gasteiger partial charge on any atom is -0.497 e. The molecule has 5 rings (SSSR count). The highest BCUT2D eigenvalue weighted by atomic mass is 32.2. The zero-order chi connectivity index (χ0) is 23.9. The Balaban J connectivity index is 1.33. The average molecular weight is 482 g/mol. The second-order valence-corrected chi connectivity index (χ2v) is 10.6. The molecule has 0 N–H and O–H groups in total. The summed E-state index contributed by atoms with van der Waals surface area (Å²) in [6.07, 6.45) is 0.938. The maximum atomic E-state index is 13.5. The van der Waals surface area contributed by atoms with Crippen molar-refractivity contribution in [1.82, 2.24) is 14.3 Å². The summed E-state index contributed by atoms with van der Waals surface area (Å²) in [5.41, 5.74) is 1.54. The molecule has 1 fully saturated rings. The summed E-state index contributed by atoms with van der Waals surface area (Å²) in [5.74, 6) is 1.60. The Morgan fingerprint density at radius 1 is 0.912 bits per heavy atom. The minimum absolute atomic E-state index is 0.0135. The van der Waals surface area contributed by atoms with Gasteiger partial charge in [-0.25, -0.2) is 18.4 Å². The van der Waals surface area contributed by atoms with Gasteiger partial charge in [-0.05, 0) is 49.2 Å². The van der Waals surface area contributed by atoms with Crippen LogP contribution in [0.15, 0.2) is 53.4 Å². The molecule has 0 saturated carbocycles. The number of carbonyl (C=O) groups is 1. The number of fused-ring (bicyclic) bond motifs is 2. The van der Waals surface area contributed by atoms with E-state index in [9.17, 15) is 13.2 Å². The first-order chi connectivity index (χ1) is 16.4. The number of ether oxygens (including phenoxy) is 1. The molecule has 3 aromatic rings. The van der Waals surface area contributed by atoms with E-state index < -0.39 is 10.0 Å². The van der Waals surface area contributed by atoms with Crippen LogP contribution in [-0.4, -0.2) is 68.9 Å². The average Bonchev–Trinajstić information content (AvgIpc) is 2.88. The molecule has 1 saturated heterocycles. The number of rotatable bonds is 4. The van der Waals surface area contributed by atoms with Gasteiger partial charge < -0.3 is 9.64 Å². The van der Waals surface area contributed by atoms with Gasteiger partial charge in [0.05, 0.1) is 23.0 Å². The molecule has 0 aliphatic carbocycles. The van der Waals surface area contributed by atoms with Crippen LogP contribution >= 0.6 is 0 Å². The van der Waals surface area contributed by atoms with Crippen LogP contribution in [-0.2, 0) is 14.8 Å². The molecule has 2 aliphatic rings. The first-order valence-corrected chi connectivity index (χ1v) is 12.8. The number of anilines is 2.